The first-order chi connectivity index (χ1) is 18.2. The molecular weight excluding hydrogens is 468 g/mol. The SMILES string of the molecule is CCCCCCCCCCCCCC(=O)NC1CC(C)(CC)N(OC(C)c2ccccc2)C(C)(CC)C1C. The normalized spacial score (nSPS) is 26.8. The number of piperidine rings is 1. The Morgan fingerprint density at radius 1 is 0.921 bits per heavy atom. The van der Waals surface area contributed by atoms with Gasteiger partial charge in [0.15, 0.2) is 0 Å². The predicted octanol–water partition coefficient (Wildman–Crippen LogP) is 9.54. The first-order valence-electron chi connectivity index (χ1n) is 16.0. The van der Waals surface area contributed by atoms with Crippen molar-refractivity contribution in [1.29, 1.82) is 0 Å². The zero-order valence-corrected chi connectivity index (χ0v) is 26.0. The maximum absolute atomic E-state index is 13.0. The maximum Gasteiger partial charge on any atom is 0.220 e. The fraction of sp³-hybridized carbons (Fsp3) is 0.794. The van der Waals surface area contributed by atoms with Crippen LogP contribution in [0.5, 0.6) is 0 Å². The lowest BCUT2D eigenvalue weighted by atomic mass is 9.68. The number of benzene rings is 1. The third kappa shape index (κ3) is 9.37. The smallest absolute Gasteiger partial charge is 0.220 e. The van der Waals surface area contributed by atoms with Crippen molar-refractivity contribution >= 4 is 5.91 Å². The molecule has 1 N–H and O–H groups in total. The Hall–Kier alpha value is -1.39. The average molecular weight is 529 g/mol. The fourth-order valence-electron chi connectivity index (χ4n) is 6.32. The molecule has 1 aromatic rings. The molecule has 5 unspecified atom stereocenters. The molecule has 0 aliphatic carbocycles. The highest BCUT2D eigenvalue weighted by Crippen LogP contribution is 2.47. The number of hydrogen-bond donors (Lipinski definition) is 1. The second-order valence-electron chi connectivity index (χ2n) is 12.5. The minimum absolute atomic E-state index is 0.0210. The van der Waals surface area contributed by atoms with Crippen LogP contribution in [-0.4, -0.2) is 28.1 Å². The minimum Gasteiger partial charge on any atom is -0.353 e. The van der Waals surface area contributed by atoms with Gasteiger partial charge in [0, 0.05) is 23.5 Å². The van der Waals surface area contributed by atoms with Crippen LogP contribution in [0.4, 0.5) is 0 Å². The minimum atomic E-state index is -0.166. The molecule has 5 atom stereocenters. The standard InChI is InChI=1S/C34H60N2O2/c1-8-11-12-13-14-15-16-17-18-19-23-26-32(37)35-31-27-33(6,9-2)36(34(7,10-3)28(31)4)38-29(5)30-24-21-20-22-25-30/h20-22,24-25,28-29,31H,8-19,23,26-27H2,1-7H3,(H,35,37). The Bertz CT molecular complexity index is 784. The van der Waals surface area contributed by atoms with Crippen molar-refractivity contribution in [1.82, 2.24) is 10.4 Å². The van der Waals surface area contributed by atoms with Crippen molar-refractivity contribution in [2.75, 3.05) is 0 Å². The van der Waals surface area contributed by atoms with E-state index >= 15 is 0 Å². The van der Waals surface area contributed by atoms with Gasteiger partial charge in [-0.25, -0.2) is 0 Å². The van der Waals surface area contributed by atoms with Crippen LogP contribution in [0.3, 0.4) is 0 Å². The van der Waals surface area contributed by atoms with Crippen LogP contribution in [0.25, 0.3) is 0 Å². The van der Waals surface area contributed by atoms with E-state index in [4.69, 9.17) is 4.84 Å². The summed E-state index contributed by atoms with van der Waals surface area (Å²) in [6.07, 6.45) is 17.9. The monoisotopic (exact) mass is 528 g/mol. The number of nitrogens with one attached hydrogen (secondary N) is 1. The third-order valence-electron chi connectivity index (χ3n) is 9.56. The average Bonchev–Trinajstić information content (AvgIpc) is 2.93. The highest BCUT2D eigenvalue weighted by atomic mass is 16.7. The van der Waals surface area contributed by atoms with Gasteiger partial charge in [0.1, 0.15) is 6.10 Å². The van der Waals surface area contributed by atoms with Gasteiger partial charge < -0.3 is 5.32 Å². The van der Waals surface area contributed by atoms with Gasteiger partial charge >= 0.3 is 0 Å². The van der Waals surface area contributed by atoms with Crippen molar-refractivity contribution in [3.05, 3.63) is 35.9 Å². The van der Waals surface area contributed by atoms with Gasteiger partial charge in [-0.2, -0.15) is 5.06 Å². The van der Waals surface area contributed by atoms with Crippen LogP contribution < -0.4 is 5.32 Å². The molecule has 1 amide bonds. The number of rotatable bonds is 18. The lowest BCUT2D eigenvalue weighted by Crippen LogP contribution is -2.70. The number of nitrogens with zero attached hydrogens (tertiary/aromatic N) is 1. The first kappa shape index (κ1) is 32.8. The zero-order valence-electron chi connectivity index (χ0n) is 26.0. The van der Waals surface area contributed by atoms with E-state index in [1.165, 1.54) is 69.8 Å². The largest absolute Gasteiger partial charge is 0.353 e. The predicted molar refractivity (Wildman–Crippen MR) is 162 cm³/mol. The lowest BCUT2D eigenvalue weighted by molar-refractivity contribution is -0.327. The molecule has 1 aliphatic heterocycles. The van der Waals surface area contributed by atoms with E-state index in [2.05, 4.69) is 89.2 Å². The molecule has 1 fully saturated rings. The Morgan fingerprint density at radius 3 is 2.00 bits per heavy atom. The lowest BCUT2D eigenvalue weighted by Gasteiger charge is -2.60. The number of amides is 1. The van der Waals surface area contributed by atoms with Crippen LogP contribution in [-0.2, 0) is 9.63 Å². The van der Waals surface area contributed by atoms with Crippen molar-refractivity contribution in [3.8, 4) is 0 Å². The molecule has 4 nitrogen and oxygen atoms in total. The summed E-state index contributed by atoms with van der Waals surface area (Å²) in [5.74, 6) is 0.512. The molecule has 38 heavy (non-hydrogen) atoms. The molecule has 2 rings (SSSR count). The van der Waals surface area contributed by atoms with E-state index in [0.29, 0.717) is 6.42 Å². The van der Waals surface area contributed by atoms with Gasteiger partial charge in [0.2, 0.25) is 5.91 Å². The van der Waals surface area contributed by atoms with Gasteiger partial charge in [-0.3, -0.25) is 9.63 Å². The maximum atomic E-state index is 13.0. The van der Waals surface area contributed by atoms with Gasteiger partial charge in [0.05, 0.1) is 0 Å². The number of unbranched alkanes of at least 4 members (excludes halogenated alkanes) is 10. The first-order valence-corrected chi connectivity index (χ1v) is 16.0. The van der Waals surface area contributed by atoms with Gasteiger partial charge in [0.25, 0.3) is 0 Å². The number of hydroxylamine groups is 2. The van der Waals surface area contributed by atoms with Gasteiger partial charge in [-0.1, -0.05) is 122 Å². The second kappa shape index (κ2) is 16.7. The van der Waals surface area contributed by atoms with Crippen LogP contribution in [0.2, 0.25) is 0 Å². The van der Waals surface area contributed by atoms with E-state index in [1.54, 1.807) is 0 Å². The molecule has 1 saturated heterocycles. The third-order valence-corrected chi connectivity index (χ3v) is 9.56. The Labute approximate surface area is 235 Å². The Balaban J connectivity index is 1.85. The summed E-state index contributed by atoms with van der Waals surface area (Å²) in [6.45, 7) is 15.9. The van der Waals surface area contributed by atoms with Crippen molar-refractivity contribution in [2.24, 2.45) is 5.92 Å². The summed E-state index contributed by atoms with van der Waals surface area (Å²) in [6, 6.07) is 10.7. The molecule has 0 radical (unpaired) electrons. The second-order valence-corrected chi connectivity index (χ2v) is 12.5. The van der Waals surface area contributed by atoms with Gasteiger partial charge in [-0.05, 0) is 57.9 Å². The number of carbonyl (C=O) groups is 1. The number of hydrogen-bond acceptors (Lipinski definition) is 3. The number of carbonyl (C=O) groups excluding carboxylic acids is 1. The molecule has 218 valence electrons. The molecule has 1 aromatic carbocycles. The summed E-state index contributed by atoms with van der Waals surface area (Å²) < 4.78 is 0. The van der Waals surface area contributed by atoms with E-state index in [-0.39, 0.29) is 35.0 Å². The molecule has 0 bridgehead atoms. The van der Waals surface area contributed by atoms with E-state index < -0.39 is 0 Å². The van der Waals surface area contributed by atoms with Crippen LogP contribution in [0.1, 0.15) is 156 Å². The van der Waals surface area contributed by atoms with Crippen molar-refractivity contribution < 1.29 is 9.63 Å². The van der Waals surface area contributed by atoms with Crippen molar-refractivity contribution in [2.45, 2.75) is 168 Å². The summed E-state index contributed by atoms with van der Waals surface area (Å²) >= 11 is 0. The van der Waals surface area contributed by atoms with Crippen LogP contribution in [0.15, 0.2) is 30.3 Å². The van der Waals surface area contributed by atoms with E-state index in [1.807, 2.05) is 0 Å². The molecule has 4 heteroatoms. The van der Waals surface area contributed by atoms with Crippen molar-refractivity contribution in [3.63, 3.8) is 0 Å². The topological polar surface area (TPSA) is 41.6 Å². The summed E-state index contributed by atoms with van der Waals surface area (Å²) in [5.41, 5.74) is 0.884. The van der Waals surface area contributed by atoms with Crippen LogP contribution >= 0.6 is 0 Å². The molecule has 0 aromatic heterocycles. The Kier molecular flexibility index (Phi) is 14.4. The molecule has 1 aliphatic rings. The fourth-order valence-corrected chi connectivity index (χ4v) is 6.32. The van der Waals surface area contributed by atoms with Crippen LogP contribution in [0, 0.1) is 5.92 Å². The zero-order chi connectivity index (χ0) is 28.0. The van der Waals surface area contributed by atoms with E-state index in [9.17, 15) is 4.79 Å². The summed E-state index contributed by atoms with van der Waals surface area (Å²) in [4.78, 5) is 19.8. The summed E-state index contributed by atoms with van der Waals surface area (Å²) in [5, 5.41) is 5.78. The van der Waals surface area contributed by atoms with Gasteiger partial charge in [-0.15, -0.1) is 0 Å². The highest BCUT2D eigenvalue weighted by Gasteiger charge is 2.54. The summed E-state index contributed by atoms with van der Waals surface area (Å²) in [7, 11) is 0. The van der Waals surface area contributed by atoms with E-state index in [0.717, 1.165) is 25.7 Å². The molecule has 0 spiro atoms. The Morgan fingerprint density at radius 2 is 1.47 bits per heavy atom. The highest BCUT2D eigenvalue weighted by molar-refractivity contribution is 5.76. The quantitative estimate of drug-likeness (QED) is 0.193. The molecule has 0 saturated carbocycles. The molecular formula is C34H60N2O2. The molecule has 1 heterocycles.